The Bertz CT molecular complexity index is 121. The third kappa shape index (κ3) is 10.4. The van der Waals surface area contributed by atoms with Crippen LogP contribution in [0, 0.1) is 0 Å². The molecule has 0 radical (unpaired) electrons. The van der Waals surface area contributed by atoms with Crippen LogP contribution in [-0.2, 0) is 0 Å². The average Bonchev–Trinajstić information content (AvgIpc) is 2.57. The fourth-order valence-electron chi connectivity index (χ4n) is 1.64. The highest BCUT2D eigenvalue weighted by atomic mass is 16.2. The van der Waals surface area contributed by atoms with Gasteiger partial charge in [0.15, 0.2) is 0 Å². The Morgan fingerprint density at radius 2 is 1.69 bits per heavy atom. The van der Waals surface area contributed by atoms with Crippen molar-refractivity contribution in [3.8, 4) is 0 Å². The zero-order chi connectivity index (χ0) is 12.8. The van der Waals surface area contributed by atoms with Crippen LogP contribution in [0.5, 0.6) is 0 Å². The van der Waals surface area contributed by atoms with Crippen molar-refractivity contribution in [2.45, 2.75) is 26.7 Å². The highest BCUT2D eigenvalue weighted by Gasteiger charge is 2.10. The molecule has 1 rings (SSSR count). The Labute approximate surface area is 101 Å². The molecule has 0 unspecified atom stereocenters. The lowest BCUT2D eigenvalue weighted by Crippen LogP contribution is -2.30. The molecule has 100 valence electrons. The first kappa shape index (κ1) is 18.2. The van der Waals surface area contributed by atoms with E-state index in [1.807, 2.05) is 13.8 Å². The van der Waals surface area contributed by atoms with Gasteiger partial charge in [-0.3, -0.25) is 0 Å². The largest absolute Gasteiger partial charge is 0.400 e. The van der Waals surface area contributed by atoms with Gasteiger partial charge in [-0.1, -0.05) is 13.8 Å². The van der Waals surface area contributed by atoms with Crippen LogP contribution < -0.4 is 5.73 Å². The number of aliphatic hydroxyl groups excluding tert-OH is 1. The maximum Gasteiger partial charge on any atom is 0.0319 e. The molecule has 1 heterocycles. The molecule has 4 heteroatoms. The van der Waals surface area contributed by atoms with Crippen LogP contribution in [-0.4, -0.2) is 68.3 Å². The first-order valence-corrected chi connectivity index (χ1v) is 6.38. The van der Waals surface area contributed by atoms with Gasteiger partial charge >= 0.3 is 0 Å². The molecular weight excluding hydrogens is 202 g/mol. The molecule has 0 spiro atoms. The Morgan fingerprint density at radius 3 is 2.25 bits per heavy atom. The molecule has 1 aliphatic heterocycles. The number of hydrogen-bond donors (Lipinski definition) is 2. The minimum Gasteiger partial charge on any atom is -0.400 e. The van der Waals surface area contributed by atoms with Gasteiger partial charge in [0.05, 0.1) is 0 Å². The van der Waals surface area contributed by atoms with Crippen LogP contribution in [0.3, 0.4) is 0 Å². The van der Waals surface area contributed by atoms with Crippen molar-refractivity contribution in [3.05, 3.63) is 0 Å². The number of nitrogens with two attached hydrogens (primary N) is 1. The summed E-state index contributed by atoms with van der Waals surface area (Å²) in [6.07, 6.45) is 2.45. The maximum atomic E-state index is 7.00. The molecule has 1 aliphatic rings. The van der Waals surface area contributed by atoms with Crippen molar-refractivity contribution in [3.63, 3.8) is 0 Å². The van der Waals surface area contributed by atoms with Gasteiger partial charge in [-0.2, -0.15) is 0 Å². The van der Waals surface area contributed by atoms with Crippen LogP contribution in [0.4, 0.5) is 0 Å². The first-order valence-electron chi connectivity index (χ1n) is 6.38. The molecule has 0 bridgehead atoms. The summed E-state index contributed by atoms with van der Waals surface area (Å²) in [4.78, 5) is 4.93. The van der Waals surface area contributed by atoms with E-state index in [1.54, 1.807) is 0 Å². The van der Waals surface area contributed by atoms with E-state index in [1.165, 1.54) is 39.1 Å². The van der Waals surface area contributed by atoms with Crippen LogP contribution >= 0.6 is 0 Å². The third-order valence-corrected chi connectivity index (χ3v) is 2.49. The molecule has 1 saturated heterocycles. The van der Waals surface area contributed by atoms with Crippen LogP contribution in [0.2, 0.25) is 0 Å². The Hall–Kier alpha value is -0.160. The normalized spacial score (nSPS) is 17.6. The van der Waals surface area contributed by atoms with Crippen molar-refractivity contribution in [1.29, 1.82) is 0 Å². The van der Waals surface area contributed by atoms with Crippen molar-refractivity contribution in [1.82, 2.24) is 9.80 Å². The predicted molar refractivity (Wildman–Crippen MR) is 71.7 cm³/mol. The highest BCUT2D eigenvalue weighted by Crippen LogP contribution is 2.00. The van der Waals surface area contributed by atoms with Crippen LogP contribution in [0.1, 0.15) is 26.7 Å². The monoisotopic (exact) mass is 233 g/mol. The Balaban J connectivity index is 0. The second kappa shape index (κ2) is 14.8. The zero-order valence-corrected chi connectivity index (χ0v) is 11.6. The molecule has 0 aromatic carbocycles. The van der Waals surface area contributed by atoms with Gasteiger partial charge in [0.1, 0.15) is 0 Å². The van der Waals surface area contributed by atoms with Crippen LogP contribution in [0.15, 0.2) is 0 Å². The lowest BCUT2D eigenvalue weighted by atomic mass is 10.3. The summed E-state index contributed by atoms with van der Waals surface area (Å²) < 4.78 is 0. The molecule has 3 N–H and O–H groups in total. The maximum absolute atomic E-state index is 7.00. The predicted octanol–water partition coefficient (Wildman–Crippen LogP) is 0.607. The summed E-state index contributed by atoms with van der Waals surface area (Å²) in [5.41, 5.74) is 5.47. The molecule has 0 amide bonds. The van der Waals surface area contributed by atoms with E-state index in [0.717, 1.165) is 20.1 Å². The number of likely N-dealkylation sites (N-methyl/N-ethyl adjacent to an activating group) is 1. The molecule has 16 heavy (non-hydrogen) atoms. The van der Waals surface area contributed by atoms with Crippen molar-refractivity contribution >= 4 is 0 Å². The standard InChI is InChI=1S/C9H21N3.C2H6.CH4O/c1-11-5-3-7-12(9-8-11)6-2-4-10;2*1-2/h2-10H2,1H3;1-2H3;2H,1H3. The Morgan fingerprint density at radius 1 is 1.06 bits per heavy atom. The lowest BCUT2D eigenvalue weighted by Gasteiger charge is -2.19. The summed E-state index contributed by atoms with van der Waals surface area (Å²) in [5, 5.41) is 7.00. The number of hydrogen-bond acceptors (Lipinski definition) is 4. The van der Waals surface area contributed by atoms with Gasteiger partial charge in [0.25, 0.3) is 0 Å². The van der Waals surface area contributed by atoms with E-state index in [4.69, 9.17) is 10.8 Å². The van der Waals surface area contributed by atoms with Gasteiger partial charge < -0.3 is 20.6 Å². The second-order valence-electron chi connectivity index (χ2n) is 3.64. The summed E-state index contributed by atoms with van der Waals surface area (Å²) in [5.74, 6) is 0. The Kier molecular flexibility index (Phi) is 16.9. The quantitative estimate of drug-likeness (QED) is 0.750. The summed E-state index contributed by atoms with van der Waals surface area (Å²) in [6.45, 7) is 10.9. The zero-order valence-electron chi connectivity index (χ0n) is 11.6. The molecule has 0 aromatic heterocycles. The molecule has 4 nitrogen and oxygen atoms in total. The van der Waals surface area contributed by atoms with Crippen LogP contribution in [0.25, 0.3) is 0 Å². The van der Waals surface area contributed by atoms with E-state index >= 15 is 0 Å². The lowest BCUT2D eigenvalue weighted by molar-refractivity contribution is 0.275. The van der Waals surface area contributed by atoms with Crippen molar-refractivity contribution in [2.75, 3.05) is 53.4 Å². The van der Waals surface area contributed by atoms with E-state index in [9.17, 15) is 0 Å². The van der Waals surface area contributed by atoms with Gasteiger partial charge in [0.2, 0.25) is 0 Å². The topological polar surface area (TPSA) is 52.7 Å². The average molecular weight is 233 g/mol. The first-order chi connectivity index (χ1) is 7.83. The van der Waals surface area contributed by atoms with Gasteiger partial charge in [-0.25, -0.2) is 0 Å². The van der Waals surface area contributed by atoms with E-state index < -0.39 is 0 Å². The number of rotatable bonds is 3. The minimum absolute atomic E-state index is 0.826. The third-order valence-electron chi connectivity index (χ3n) is 2.49. The van der Waals surface area contributed by atoms with Gasteiger partial charge in [-0.05, 0) is 46.1 Å². The van der Waals surface area contributed by atoms with E-state index in [0.29, 0.717) is 0 Å². The van der Waals surface area contributed by atoms with Crippen molar-refractivity contribution < 1.29 is 5.11 Å². The molecule has 0 atom stereocenters. The fourth-order valence-corrected chi connectivity index (χ4v) is 1.64. The highest BCUT2D eigenvalue weighted by molar-refractivity contribution is 4.66. The van der Waals surface area contributed by atoms with Gasteiger partial charge in [-0.15, -0.1) is 0 Å². The van der Waals surface area contributed by atoms with E-state index in [2.05, 4.69) is 16.8 Å². The smallest absolute Gasteiger partial charge is 0.0319 e. The molecular formula is C12H31N3O. The summed E-state index contributed by atoms with van der Waals surface area (Å²) in [7, 11) is 3.20. The molecule has 1 fully saturated rings. The second-order valence-corrected chi connectivity index (χ2v) is 3.64. The summed E-state index contributed by atoms with van der Waals surface area (Å²) in [6, 6.07) is 0. The minimum atomic E-state index is 0.826. The summed E-state index contributed by atoms with van der Waals surface area (Å²) >= 11 is 0. The number of nitrogens with zero attached hydrogens (tertiary/aromatic N) is 2. The molecule has 0 saturated carbocycles. The fraction of sp³-hybridized carbons (Fsp3) is 1.00. The SMILES string of the molecule is CC.CN1CCCN(CCCN)CC1.CO. The number of aliphatic hydroxyl groups is 1. The van der Waals surface area contributed by atoms with Crippen molar-refractivity contribution in [2.24, 2.45) is 5.73 Å². The molecule has 0 aromatic rings. The molecule has 0 aliphatic carbocycles. The van der Waals surface area contributed by atoms with Gasteiger partial charge in [0, 0.05) is 20.2 Å². The van der Waals surface area contributed by atoms with E-state index in [-0.39, 0.29) is 0 Å².